The molecule has 1 atom stereocenters. The van der Waals surface area contributed by atoms with Crippen molar-refractivity contribution >= 4 is 43.6 Å². The maximum Gasteiger partial charge on any atom is 0.340 e. The molecule has 0 aliphatic rings. The highest BCUT2D eigenvalue weighted by Crippen LogP contribution is 2.40. The summed E-state index contributed by atoms with van der Waals surface area (Å²) < 4.78 is 35.9. The van der Waals surface area contributed by atoms with Crippen LogP contribution in [0.5, 0.6) is 5.75 Å². The number of carbonyl (C=O) groups excluding carboxylic acids is 1. The molecule has 0 fully saturated rings. The zero-order valence-electron chi connectivity index (χ0n) is 19.5. The van der Waals surface area contributed by atoms with Gasteiger partial charge in [-0.2, -0.15) is 0 Å². The van der Waals surface area contributed by atoms with Crippen LogP contribution in [0.4, 0.5) is 4.39 Å². The Morgan fingerprint density at radius 2 is 1.97 bits per heavy atom. The minimum atomic E-state index is -1.39. The molecule has 0 spiro atoms. The Bertz CT molecular complexity index is 1430. The van der Waals surface area contributed by atoms with Crippen molar-refractivity contribution in [2.45, 2.75) is 31.9 Å². The third-order valence-corrected chi connectivity index (χ3v) is 7.76. The lowest BCUT2D eigenvalue weighted by molar-refractivity contribution is 0.0527. The predicted octanol–water partition coefficient (Wildman–Crippen LogP) is 4.96. The topological polar surface area (TPSA) is 86.4 Å². The molecule has 2 aromatic heterocycles. The number of phenols is 1. The molecule has 35 heavy (non-hydrogen) atoms. The number of hydrogen-bond donors (Lipinski definition) is 1. The smallest absolute Gasteiger partial charge is 0.340 e. The molecule has 1 N–H and O–H groups in total. The number of rotatable bonds is 8. The average molecular weight is 562 g/mol. The van der Waals surface area contributed by atoms with E-state index in [2.05, 4.69) is 20.9 Å². The van der Waals surface area contributed by atoms with Crippen molar-refractivity contribution in [3.05, 3.63) is 81.2 Å². The zero-order valence-corrected chi connectivity index (χ0v) is 22.0. The highest BCUT2D eigenvalue weighted by atomic mass is 79.9. The summed E-state index contributed by atoms with van der Waals surface area (Å²) in [6.07, 6.45) is 3.47. The molecule has 0 amide bonds. The Balaban J connectivity index is 1.86. The molecule has 4 aromatic rings. The number of phenolic OH excluding ortho intramolecular Hbond substituents is 1. The third-order valence-electron chi connectivity index (χ3n) is 5.91. The van der Waals surface area contributed by atoms with Crippen molar-refractivity contribution in [3.63, 3.8) is 0 Å². The number of imidazole rings is 1. The second-order valence-corrected chi connectivity index (χ2v) is 10.4. The fraction of sp³-hybridized carbons (Fsp3) is 0.280. The van der Waals surface area contributed by atoms with Crippen LogP contribution in [0.25, 0.3) is 10.9 Å². The minimum Gasteiger partial charge on any atom is -0.506 e. The lowest BCUT2D eigenvalue weighted by Crippen LogP contribution is -2.12. The van der Waals surface area contributed by atoms with Gasteiger partial charge in [0.15, 0.2) is 0 Å². The monoisotopic (exact) mass is 561 g/mol. The lowest BCUT2D eigenvalue weighted by atomic mass is 10.0. The summed E-state index contributed by atoms with van der Waals surface area (Å²) in [5.41, 5.74) is 2.79. The molecular weight excluding hydrogens is 537 g/mol. The van der Waals surface area contributed by atoms with Crippen molar-refractivity contribution < 1.29 is 23.2 Å². The first-order valence-corrected chi connectivity index (χ1v) is 13.2. The molecule has 2 aromatic carbocycles. The molecule has 7 nitrogen and oxygen atoms in total. The maximum atomic E-state index is 13.3. The maximum absolute atomic E-state index is 13.3. The number of fused-ring (bicyclic) bond motifs is 1. The van der Waals surface area contributed by atoms with Gasteiger partial charge in [-0.25, -0.2) is 14.2 Å². The number of aromatic nitrogens is 3. The highest BCUT2D eigenvalue weighted by molar-refractivity contribution is 9.10. The average Bonchev–Trinajstić information content (AvgIpc) is 3.34. The van der Waals surface area contributed by atoms with Gasteiger partial charge in [-0.1, -0.05) is 12.1 Å². The van der Waals surface area contributed by atoms with Crippen LogP contribution in [0.15, 0.2) is 47.2 Å². The lowest BCUT2D eigenvalue weighted by Gasteiger charge is -2.12. The Hall–Kier alpha value is -2.98. The van der Waals surface area contributed by atoms with Crippen LogP contribution < -0.4 is 0 Å². The first-order chi connectivity index (χ1) is 16.7. The van der Waals surface area contributed by atoms with Crippen molar-refractivity contribution in [2.75, 3.05) is 6.61 Å². The summed E-state index contributed by atoms with van der Waals surface area (Å²) in [6.45, 7) is 4.03. The second-order valence-electron chi connectivity index (χ2n) is 8.14. The van der Waals surface area contributed by atoms with Gasteiger partial charge < -0.3 is 19.0 Å². The van der Waals surface area contributed by atoms with Crippen molar-refractivity contribution in [1.29, 1.82) is 0 Å². The summed E-state index contributed by atoms with van der Waals surface area (Å²) in [6, 6.07) is 7.60. The second kappa shape index (κ2) is 10.3. The number of benzene rings is 2. The van der Waals surface area contributed by atoms with Crippen LogP contribution in [0.1, 0.15) is 39.9 Å². The third kappa shape index (κ3) is 5.04. The summed E-state index contributed by atoms with van der Waals surface area (Å²) in [7, 11) is 0.408. The van der Waals surface area contributed by atoms with Gasteiger partial charge in [0, 0.05) is 52.6 Å². The molecule has 0 bridgehead atoms. The Morgan fingerprint density at radius 3 is 2.60 bits per heavy atom. The van der Waals surface area contributed by atoms with Gasteiger partial charge in [0.25, 0.3) is 0 Å². The van der Waals surface area contributed by atoms with Gasteiger partial charge in [-0.3, -0.25) is 4.21 Å². The molecule has 10 heteroatoms. The summed E-state index contributed by atoms with van der Waals surface area (Å²) in [5, 5.41) is 11.5. The number of carbonyl (C=O) groups is 1. The normalized spacial score (nSPS) is 12.3. The van der Waals surface area contributed by atoms with Crippen LogP contribution in [0.2, 0.25) is 0 Å². The molecule has 0 saturated heterocycles. The number of ether oxygens (including phenoxy) is 1. The van der Waals surface area contributed by atoms with E-state index < -0.39 is 16.8 Å². The number of aryl methyl sites for hydroxylation is 2. The highest BCUT2D eigenvalue weighted by Gasteiger charge is 2.28. The molecule has 1 unspecified atom stereocenters. The van der Waals surface area contributed by atoms with E-state index in [1.165, 1.54) is 12.1 Å². The standard InChI is InChI=1S/C25H25BrFN3O4S/c1-4-34-25(32)23-21(14-35(33)13-16-5-7-17(27)8-6-16)29(3)20-11-19(26)24(31)18(22(20)23)12-30-10-9-28-15(30)2/h5-11,31H,4,12-14H2,1-3H3. The SMILES string of the molecule is CCOC(=O)c1c(CS(=O)Cc2ccc(F)cc2)n(C)c2cc(Br)c(O)c(Cn3ccnc3C)c12. The summed E-state index contributed by atoms with van der Waals surface area (Å²) in [5.74, 6) is 0.159. The minimum absolute atomic E-state index is 0.0146. The van der Waals surface area contributed by atoms with E-state index >= 15 is 0 Å². The Kier molecular flexibility index (Phi) is 7.42. The number of nitrogens with zero attached hydrogens (tertiary/aromatic N) is 3. The fourth-order valence-corrected chi connectivity index (χ4v) is 5.90. The largest absolute Gasteiger partial charge is 0.506 e. The summed E-state index contributed by atoms with van der Waals surface area (Å²) >= 11 is 3.43. The molecule has 0 aliphatic heterocycles. The van der Waals surface area contributed by atoms with Crippen LogP contribution in [0, 0.1) is 12.7 Å². The van der Waals surface area contributed by atoms with Gasteiger partial charge in [0.2, 0.25) is 0 Å². The van der Waals surface area contributed by atoms with E-state index in [1.807, 2.05) is 16.1 Å². The van der Waals surface area contributed by atoms with E-state index in [1.54, 1.807) is 44.6 Å². The fourth-order valence-electron chi connectivity index (χ4n) is 4.14. The Labute approximate surface area is 213 Å². The first-order valence-electron chi connectivity index (χ1n) is 11.0. The predicted molar refractivity (Wildman–Crippen MR) is 136 cm³/mol. The molecule has 0 radical (unpaired) electrons. The number of esters is 1. The van der Waals surface area contributed by atoms with Gasteiger partial charge >= 0.3 is 5.97 Å². The van der Waals surface area contributed by atoms with Gasteiger partial charge in [-0.15, -0.1) is 0 Å². The number of hydrogen-bond acceptors (Lipinski definition) is 5. The first kappa shape index (κ1) is 25.1. The molecule has 4 rings (SSSR count). The van der Waals surface area contributed by atoms with Gasteiger partial charge in [0.05, 0.1) is 34.5 Å². The molecule has 184 valence electrons. The van der Waals surface area contributed by atoms with Crippen molar-refractivity contribution in [2.24, 2.45) is 7.05 Å². The van der Waals surface area contributed by atoms with E-state index in [4.69, 9.17) is 4.74 Å². The van der Waals surface area contributed by atoms with E-state index in [0.29, 0.717) is 26.6 Å². The zero-order chi connectivity index (χ0) is 25.3. The number of halogens is 2. The van der Waals surface area contributed by atoms with Crippen LogP contribution in [0.3, 0.4) is 0 Å². The van der Waals surface area contributed by atoms with Crippen LogP contribution >= 0.6 is 15.9 Å². The molecule has 0 saturated carbocycles. The van der Waals surface area contributed by atoms with Crippen molar-refractivity contribution in [1.82, 2.24) is 14.1 Å². The van der Waals surface area contributed by atoms with E-state index in [0.717, 1.165) is 11.4 Å². The van der Waals surface area contributed by atoms with Crippen molar-refractivity contribution in [3.8, 4) is 5.75 Å². The van der Waals surface area contributed by atoms with Gasteiger partial charge in [0.1, 0.15) is 17.4 Å². The van der Waals surface area contributed by atoms with Crippen LogP contribution in [-0.4, -0.2) is 36.0 Å². The Morgan fingerprint density at radius 1 is 1.26 bits per heavy atom. The van der Waals surface area contributed by atoms with E-state index in [9.17, 15) is 18.5 Å². The molecule has 2 heterocycles. The molecule has 0 aliphatic carbocycles. The molecular formula is C25H25BrFN3O4S. The van der Waals surface area contributed by atoms with E-state index in [-0.39, 0.29) is 41.8 Å². The number of aromatic hydroxyl groups is 1. The summed E-state index contributed by atoms with van der Waals surface area (Å²) in [4.78, 5) is 17.4. The van der Waals surface area contributed by atoms with Crippen LogP contribution in [-0.2, 0) is 40.6 Å². The quantitative estimate of drug-likeness (QED) is 0.307. The van der Waals surface area contributed by atoms with Gasteiger partial charge in [-0.05, 0) is 53.5 Å².